The molecule has 5 heteroatoms. The van der Waals surface area contributed by atoms with Crippen LogP contribution in [0.4, 0.5) is 0 Å². The zero-order valence-corrected chi connectivity index (χ0v) is 16.1. The molecule has 0 saturated carbocycles. The maximum atomic E-state index is 12.4. The van der Waals surface area contributed by atoms with Gasteiger partial charge >= 0.3 is 5.97 Å². The first-order valence-corrected chi connectivity index (χ1v) is 8.96. The van der Waals surface area contributed by atoms with Gasteiger partial charge in [0.05, 0.1) is 6.42 Å². The van der Waals surface area contributed by atoms with Gasteiger partial charge in [-0.05, 0) is 25.2 Å². The zero-order valence-electron chi connectivity index (χ0n) is 15.3. The van der Waals surface area contributed by atoms with Crippen LogP contribution in [0.3, 0.4) is 0 Å². The van der Waals surface area contributed by atoms with Crippen molar-refractivity contribution in [3.63, 3.8) is 0 Å². The number of hydrogen-bond donors (Lipinski definition) is 0. The third-order valence-electron chi connectivity index (χ3n) is 4.74. The maximum absolute atomic E-state index is 12.4. The predicted molar refractivity (Wildman–Crippen MR) is 105 cm³/mol. The number of fused-ring (bicyclic) bond motifs is 2. The highest BCUT2D eigenvalue weighted by atomic mass is 35.5. The highest BCUT2D eigenvalue weighted by Gasteiger charge is 2.29. The average molecular weight is 376 g/mol. The predicted octanol–water partition coefficient (Wildman–Crippen LogP) is 4.62. The fourth-order valence-corrected chi connectivity index (χ4v) is 3.28. The summed E-state index contributed by atoms with van der Waals surface area (Å²) in [6, 6.07) is 15.8. The standard InChI is InChI=1S/C21H25NO3.ClH/c1-3-22(4-2)13-14-24-21(23)15-18-16-9-5-7-11-19(16)25-20-12-8-6-10-17(18)20;/h5-12,18H,3-4,13-15H2,1-2H3;1H. The van der Waals surface area contributed by atoms with Crippen molar-refractivity contribution in [1.29, 1.82) is 0 Å². The van der Waals surface area contributed by atoms with Crippen LogP contribution in [-0.4, -0.2) is 37.1 Å². The molecule has 3 rings (SSSR count). The molecule has 1 aliphatic heterocycles. The Morgan fingerprint density at radius 2 is 1.54 bits per heavy atom. The van der Waals surface area contributed by atoms with E-state index in [2.05, 4.69) is 18.7 Å². The SMILES string of the molecule is CCN(CC)CCOC(=O)CC1c2ccccc2Oc2ccccc21.Cl. The summed E-state index contributed by atoms with van der Waals surface area (Å²) in [5.41, 5.74) is 2.09. The molecule has 0 N–H and O–H groups in total. The molecule has 0 fully saturated rings. The number of nitrogens with zero attached hydrogens (tertiary/aromatic N) is 1. The summed E-state index contributed by atoms with van der Waals surface area (Å²) in [6.07, 6.45) is 0.329. The Labute approximate surface area is 161 Å². The van der Waals surface area contributed by atoms with E-state index in [0.29, 0.717) is 13.0 Å². The van der Waals surface area contributed by atoms with Gasteiger partial charge in [0.25, 0.3) is 0 Å². The Morgan fingerprint density at radius 1 is 1.00 bits per heavy atom. The number of carbonyl (C=O) groups excluding carboxylic acids is 1. The fourth-order valence-electron chi connectivity index (χ4n) is 3.28. The van der Waals surface area contributed by atoms with Gasteiger partial charge in [-0.3, -0.25) is 4.79 Å². The Kier molecular flexibility index (Phi) is 7.49. The number of hydrogen-bond acceptors (Lipinski definition) is 4. The molecule has 4 nitrogen and oxygen atoms in total. The van der Waals surface area contributed by atoms with Crippen LogP contribution in [0.25, 0.3) is 0 Å². The van der Waals surface area contributed by atoms with Crippen molar-refractivity contribution in [1.82, 2.24) is 4.90 Å². The molecule has 0 atom stereocenters. The van der Waals surface area contributed by atoms with E-state index in [1.165, 1.54) is 0 Å². The van der Waals surface area contributed by atoms with Crippen molar-refractivity contribution in [3.8, 4) is 11.5 Å². The minimum absolute atomic E-state index is 0. The van der Waals surface area contributed by atoms with Crippen molar-refractivity contribution in [2.45, 2.75) is 26.2 Å². The van der Waals surface area contributed by atoms with Crippen molar-refractivity contribution in [2.75, 3.05) is 26.2 Å². The number of esters is 1. The summed E-state index contributed by atoms with van der Waals surface area (Å²) in [7, 11) is 0. The van der Waals surface area contributed by atoms with Crippen LogP contribution in [0.5, 0.6) is 11.5 Å². The number of para-hydroxylation sites is 2. The lowest BCUT2D eigenvalue weighted by Crippen LogP contribution is -2.28. The summed E-state index contributed by atoms with van der Waals surface area (Å²) in [5.74, 6) is 1.45. The lowest BCUT2D eigenvalue weighted by molar-refractivity contribution is -0.144. The molecule has 0 aliphatic carbocycles. The maximum Gasteiger partial charge on any atom is 0.306 e. The summed E-state index contributed by atoms with van der Waals surface area (Å²) < 4.78 is 11.5. The van der Waals surface area contributed by atoms with E-state index >= 15 is 0 Å². The molecule has 0 unspecified atom stereocenters. The second kappa shape index (κ2) is 9.60. The van der Waals surface area contributed by atoms with Gasteiger partial charge in [-0.1, -0.05) is 50.2 Å². The van der Waals surface area contributed by atoms with Crippen LogP contribution < -0.4 is 4.74 Å². The Morgan fingerprint density at radius 3 is 2.08 bits per heavy atom. The topological polar surface area (TPSA) is 38.8 Å². The van der Waals surface area contributed by atoms with Crippen molar-refractivity contribution >= 4 is 18.4 Å². The summed E-state index contributed by atoms with van der Waals surface area (Å²) >= 11 is 0. The van der Waals surface area contributed by atoms with Crippen LogP contribution in [-0.2, 0) is 9.53 Å². The van der Waals surface area contributed by atoms with E-state index in [9.17, 15) is 4.79 Å². The molecule has 0 bridgehead atoms. The molecule has 0 aromatic heterocycles. The molecule has 2 aromatic carbocycles. The number of rotatable bonds is 7. The minimum atomic E-state index is -0.163. The first-order valence-electron chi connectivity index (χ1n) is 8.96. The average Bonchev–Trinajstić information content (AvgIpc) is 2.65. The third-order valence-corrected chi connectivity index (χ3v) is 4.74. The van der Waals surface area contributed by atoms with Crippen LogP contribution in [0.15, 0.2) is 48.5 Å². The number of likely N-dealkylation sites (N-methyl/N-ethyl adjacent to an activating group) is 1. The number of halogens is 1. The second-order valence-electron chi connectivity index (χ2n) is 6.18. The lowest BCUT2D eigenvalue weighted by Gasteiger charge is -2.27. The largest absolute Gasteiger partial charge is 0.464 e. The van der Waals surface area contributed by atoms with Crippen molar-refractivity contribution in [3.05, 3.63) is 59.7 Å². The van der Waals surface area contributed by atoms with Gasteiger partial charge < -0.3 is 14.4 Å². The smallest absolute Gasteiger partial charge is 0.306 e. The van der Waals surface area contributed by atoms with Crippen LogP contribution in [0.2, 0.25) is 0 Å². The summed E-state index contributed by atoms with van der Waals surface area (Å²) in [4.78, 5) is 14.6. The molecule has 0 spiro atoms. The van der Waals surface area contributed by atoms with E-state index < -0.39 is 0 Å². The minimum Gasteiger partial charge on any atom is -0.464 e. The van der Waals surface area contributed by atoms with E-state index in [4.69, 9.17) is 9.47 Å². The Balaban J connectivity index is 0.00000243. The van der Waals surface area contributed by atoms with Crippen LogP contribution >= 0.6 is 12.4 Å². The van der Waals surface area contributed by atoms with Crippen molar-refractivity contribution < 1.29 is 14.3 Å². The number of ether oxygens (including phenoxy) is 2. The monoisotopic (exact) mass is 375 g/mol. The fraction of sp³-hybridized carbons (Fsp3) is 0.381. The Bertz CT molecular complexity index is 685. The molecule has 140 valence electrons. The van der Waals surface area contributed by atoms with E-state index in [1.54, 1.807) is 0 Å². The van der Waals surface area contributed by atoms with E-state index in [-0.39, 0.29) is 24.3 Å². The quantitative estimate of drug-likeness (QED) is 0.662. The molecule has 26 heavy (non-hydrogen) atoms. The molecular weight excluding hydrogens is 350 g/mol. The van der Waals surface area contributed by atoms with Crippen molar-refractivity contribution in [2.24, 2.45) is 0 Å². The van der Waals surface area contributed by atoms with Gasteiger partial charge in [-0.25, -0.2) is 0 Å². The molecule has 0 radical (unpaired) electrons. The molecule has 2 aromatic rings. The van der Waals surface area contributed by atoms with Gasteiger partial charge in [0.2, 0.25) is 0 Å². The Hall–Kier alpha value is -2.04. The van der Waals surface area contributed by atoms with Gasteiger partial charge in [-0.15, -0.1) is 12.4 Å². The second-order valence-corrected chi connectivity index (χ2v) is 6.18. The van der Waals surface area contributed by atoms with Gasteiger partial charge in [0.1, 0.15) is 18.1 Å². The third kappa shape index (κ3) is 4.57. The van der Waals surface area contributed by atoms with Crippen LogP contribution in [0.1, 0.15) is 37.3 Å². The highest BCUT2D eigenvalue weighted by Crippen LogP contribution is 2.45. The van der Waals surface area contributed by atoms with Crippen LogP contribution in [0, 0.1) is 0 Å². The number of carbonyl (C=O) groups is 1. The zero-order chi connectivity index (χ0) is 17.6. The first kappa shape index (κ1) is 20.3. The molecular formula is C21H26ClNO3. The van der Waals surface area contributed by atoms with Gasteiger partial charge in [-0.2, -0.15) is 0 Å². The molecule has 0 amide bonds. The highest BCUT2D eigenvalue weighted by molar-refractivity contribution is 5.85. The lowest BCUT2D eigenvalue weighted by atomic mass is 9.85. The normalized spacial score (nSPS) is 12.6. The van der Waals surface area contributed by atoms with E-state index in [0.717, 1.165) is 42.3 Å². The molecule has 1 heterocycles. The van der Waals surface area contributed by atoms with E-state index in [1.807, 2.05) is 48.5 Å². The molecule has 0 saturated heterocycles. The molecule has 1 aliphatic rings. The first-order chi connectivity index (χ1) is 12.2. The summed E-state index contributed by atoms with van der Waals surface area (Å²) in [6.45, 7) is 7.37. The van der Waals surface area contributed by atoms with Gasteiger partial charge in [0, 0.05) is 23.6 Å². The summed E-state index contributed by atoms with van der Waals surface area (Å²) in [5, 5.41) is 0. The number of benzene rings is 2. The van der Waals surface area contributed by atoms with Gasteiger partial charge in [0.15, 0.2) is 0 Å².